The van der Waals surface area contributed by atoms with E-state index in [1.165, 1.54) is 12.1 Å². The van der Waals surface area contributed by atoms with Crippen LogP contribution in [-0.2, 0) is 6.18 Å². The Hall–Kier alpha value is -1.23. The van der Waals surface area contributed by atoms with Crippen LogP contribution in [0.5, 0.6) is 0 Å². The summed E-state index contributed by atoms with van der Waals surface area (Å²) >= 11 is 5.74. The summed E-state index contributed by atoms with van der Waals surface area (Å²) in [6.45, 7) is 0.362. The first-order valence-electron chi connectivity index (χ1n) is 6.97. The van der Waals surface area contributed by atoms with Crippen molar-refractivity contribution in [3.05, 3.63) is 35.4 Å². The highest BCUT2D eigenvalue weighted by atomic mass is 35.5. The van der Waals surface area contributed by atoms with E-state index in [0.717, 1.165) is 37.8 Å². The summed E-state index contributed by atoms with van der Waals surface area (Å²) in [5, 5.41) is 0. The first kappa shape index (κ1) is 16.1. The second-order valence-corrected chi connectivity index (χ2v) is 5.58. The van der Waals surface area contributed by atoms with E-state index in [-0.39, 0.29) is 23.4 Å². The minimum atomic E-state index is -4.44. The highest BCUT2D eigenvalue weighted by Gasteiger charge is 2.32. The lowest BCUT2D eigenvalue weighted by molar-refractivity contribution is -0.137. The van der Waals surface area contributed by atoms with Crippen molar-refractivity contribution in [2.24, 2.45) is 0 Å². The van der Waals surface area contributed by atoms with Crippen molar-refractivity contribution in [2.75, 3.05) is 12.4 Å². The average molecular weight is 320 g/mol. The fourth-order valence-corrected chi connectivity index (χ4v) is 2.93. The Morgan fingerprint density at radius 1 is 1.29 bits per heavy atom. The molecule has 0 spiro atoms. The maximum atomic E-state index is 12.7. The van der Waals surface area contributed by atoms with Crippen LogP contribution < -0.4 is 0 Å². The van der Waals surface area contributed by atoms with Gasteiger partial charge in [-0.3, -0.25) is 4.79 Å². The molecule has 1 aliphatic carbocycles. The van der Waals surface area contributed by atoms with Crippen molar-refractivity contribution >= 4 is 17.5 Å². The Balaban J connectivity index is 2.24. The molecule has 0 bridgehead atoms. The third kappa shape index (κ3) is 3.90. The molecule has 116 valence electrons. The molecular formula is C15H17ClF3NO. The second-order valence-electron chi connectivity index (χ2n) is 5.20. The fraction of sp³-hybridized carbons (Fsp3) is 0.533. The Labute approximate surface area is 126 Å². The van der Waals surface area contributed by atoms with Crippen LogP contribution in [-0.4, -0.2) is 29.3 Å². The standard InChI is InChI=1S/C15H17ClF3NO/c16-8-9-20(13-6-1-2-7-13)14(21)11-4-3-5-12(10-11)15(17,18)19/h3-5,10,13H,1-2,6-9H2. The van der Waals surface area contributed by atoms with Crippen molar-refractivity contribution in [3.63, 3.8) is 0 Å². The summed E-state index contributed by atoms with van der Waals surface area (Å²) in [6.07, 6.45) is -0.581. The smallest absolute Gasteiger partial charge is 0.334 e. The molecule has 6 heteroatoms. The molecule has 0 unspecified atom stereocenters. The molecule has 2 rings (SSSR count). The van der Waals surface area contributed by atoms with E-state index in [0.29, 0.717) is 6.54 Å². The second kappa shape index (κ2) is 6.69. The van der Waals surface area contributed by atoms with Crippen LogP contribution in [0, 0.1) is 0 Å². The molecule has 0 aromatic heterocycles. The number of alkyl halides is 4. The number of amides is 1. The average Bonchev–Trinajstić information content (AvgIpc) is 2.97. The summed E-state index contributed by atoms with van der Waals surface area (Å²) in [7, 11) is 0. The molecule has 1 aromatic rings. The van der Waals surface area contributed by atoms with Crippen molar-refractivity contribution in [1.29, 1.82) is 0 Å². The number of carbonyl (C=O) groups excluding carboxylic acids is 1. The summed E-state index contributed by atoms with van der Waals surface area (Å²) in [5.41, 5.74) is -0.729. The van der Waals surface area contributed by atoms with Gasteiger partial charge in [0.25, 0.3) is 5.91 Å². The van der Waals surface area contributed by atoms with Crippen LogP contribution in [0.1, 0.15) is 41.6 Å². The topological polar surface area (TPSA) is 20.3 Å². The summed E-state index contributed by atoms with van der Waals surface area (Å²) < 4.78 is 38.2. The maximum absolute atomic E-state index is 12.7. The molecule has 1 saturated carbocycles. The van der Waals surface area contributed by atoms with Crippen LogP contribution in [0.2, 0.25) is 0 Å². The van der Waals surface area contributed by atoms with E-state index in [1.807, 2.05) is 0 Å². The number of halogens is 4. The van der Waals surface area contributed by atoms with Gasteiger partial charge in [0.1, 0.15) is 0 Å². The number of benzene rings is 1. The number of hydrogen-bond acceptors (Lipinski definition) is 1. The molecule has 1 amide bonds. The van der Waals surface area contributed by atoms with Crippen molar-refractivity contribution < 1.29 is 18.0 Å². The zero-order valence-corrected chi connectivity index (χ0v) is 12.3. The van der Waals surface area contributed by atoms with Gasteiger partial charge >= 0.3 is 6.18 Å². The van der Waals surface area contributed by atoms with Crippen LogP contribution in [0.25, 0.3) is 0 Å². The van der Waals surface area contributed by atoms with Gasteiger partial charge in [0.05, 0.1) is 5.56 Å². The Bertz CT molecular complexity index is 498. The number of carbonyl (C=O) groups is 1. The van der Waals surface area contributed by atoms with Crippen LogP contribution in [0.4, 0.5) is 13.2 Å². The molecule has 1 fully saturated rings. The normalized spacial score (nSPS) is 16.2. The molecule has 0 aliphatic heterocycles. The number of nitrogens with zero attached hydrogens (tertiary/aromatic N) is 1. The molecule has 2 nitrogen and oxygen atoms in total. The van der Waals surface area contributed by atoms with Gasteiger partial charge in [0.15, 0.2) is 0 Å². The highest BCUT2D eigenvalue weighted by Crippen LogP contribution is 2.30. The molecule has 0 atom stereocenters. The Morgan fingerprint density at radius 3 is 2.52 bits per heavy atom. The molecule has 21 heavy (non-hydrogen) atoms. The van der Waals surface area contributed by atoms with E-state index in [2.05, 4.69) is 0 Å². The van der Waals surface area contributed by atoms with Gasteiger partial charge in [-0.15, -0.1) is 11.6 Å². The monoisotopic (exact) mass is 319 g/mol. The zero-order valence-electron chi connectivity index (χ0n) is 11.5. The van der Waals surface area contributed by atoms with E-state index in [1.54, 1.807) is 4.90 Å². The van der Waals surface area contributed by atoms with Gasteiger partial charge in [0.2, 0.25) is 0 Å². The lowest BCUT2D eigenvalue weighted by Crippen LogP contribution is -2.40. The molecule has 0 radical (unpaired) electrons. The zero-order chi connectivity index (χ0) is 15.5. The predicted molar refractivity (Wildman–Crippen MR) is 75.5 cm³/mol. The summed E-state index contributed by atoms with van der Waals surface area (Å²) in [4.78, 5) is 14.1. The first-order valence-corrected chi connectivity index (χ1v) is 7.51. The van der Waals surface area contributed by atoms with E-state index >= 15 is 0 Å². The maximum Gasteiger partial charge on any atom is 0.416 e. The Morgan fingerprint density at radius 2 is 1.95 bits per heavy atom. The van der Waals surface area contributed by atoms with Gasteiger partial charge in [-0.1, -0.05) is 18.9 Å². The Kier molecular flexibility index (Phi) is 5.14. The molecule has 1 aromatic carbocycles. The quantitative estimate of drug-likeness (QED) is 0.756. The van der Waals surface area contributed by atoms with Gasteiger partial charge in [0, 0.05) is 24.0 Å². The molecule has 1 aliphatic rings. The minimum absolute atomic E-state index is 0.0711. The molecular weight excluding hydrogens is 303 g/mol. The van der Waals surface area contributed by atoms with Crippen LogP contribution >= 0.6 is 11.6 Å². The van der Waals surface area contributed by atoms with Gasteiger partial charge in [-0.25, -0.2) is 0 Å². The van der Waals surface area contributed by atoms with Crippen LogP contribution in [0.15, 0.2) is 24.3 Å². The van der Waals surface area contributed by atoms with Gasteiger partial charge in [-0.2, -0.15) is 13.2 Å². The lowest BCUT2D eigenvalue weighted by atomic mass is 10.1. The van der Waals surface area contributed by atoms with Crippen molar-refractivity contribution in [1.82, 2.24) is 4.90 Å². The lowest BCUT2D eigenvalue weighted by Gasteiger charge is -2.28. The fourth-order valence-electron chi connectivity index (χ4n) is 2.75. The van der Waals surface area contributed by atoms with Gasteiger partial charge < -0.3 is 4.90 Å². The minimum Gasteiger partial charge on any atom is -0.334 e. The largest absolute Gasteiger partial charge is 0.416 e. The molecule has 0 N–H and O–H groups in total. The van der Waals surface area contributed by atoms with Gasteiger partial charge in [-0.05, 0) is 31.0 Å². The third-order valence-corrected chi connectivity index (χ3v) is 3.96. The summed E-state index contributed by atoms with van der Waals surface area (Å²) in [5.74, 6) is -0.0880. The SMILES string of the molecule is O=C(c1cccc(C(F)(F)F)c1)N(CCCl)C1CCCC1. The highest BCUT2D eigenvalue weighted by molar-refractivity contribution is 6.18. The first-order chi connectivity index (χ1) is 9.93. The van der Waals surface area contributed by atoms with Crippen molar-refractivity contribution in [2.45, 2.75) is 37.9 Å². The van der Waals surface area contributed by atoms with Crippen LogP contribution in [0.3, 0.4) is 0 Å². The third-order valence-electron chi connectivity index (χ3n) is 3.79. The van der Waals surface area contributed by atoms with E-state index in [4.69, 9.17) is 11.6 Å². The number of rotatable bonds is 4. The number of hydrogen-bond donors (Lipinski definition) is 0. The van der Waals surface area contributed by atoms with E-state index in [9.17, 15) is 18.0 Å². The van der Waals surface area contributed by atoms with E-state index < -0.39 is 11.7 Å². The predicted octanol–water partition coefficient (Wildman–Crippen LogP) is 4.33. The van der Waals surface area contributed by atoms with Crippen molar-refractivity contribution in [3.8, 4) is 0 Å². The molecule has 0 saturated heterocycles. The molecule has 0 heterocycles. The summed E-state index contributed by atoms with van der Waals surface area (Å²) in [6, 6.07) is 4.67.